The van der Waals surface area contributed by atoms with Crippen LogP contribution in [0, 0.1) is 0 Å². The Morgan fingerprint density at radius 1 is 1.35 bits per heavy atom. The number of thiocarbonyl (C=S) groups is 1. The van der Waals surface area contributed by atoms with Gasteiger partial charge in [-0.15, -0.1) is 11.3 Å². The number of thiophene rings is 1. The summed E-state index contributed by atoms with van der Waals surface area (Å²) in [6.45, 7) is 0.189. The third-order valence-electron chi connectivity index (χ3n) is 3.87. The average Bonchev–Trinajstić information content (AvgIpc) is 2.98. The molecule has 0 bridgehead atoms. The molecule has 0 aliphatic carbocycles. The van der Waals surface area contributed by atoms with Gasteiger partial charge in [0.05, 0.1) is 6.04 Å². The minimum absolute atomic E-state index is 0.130. The Balaban J connectivity index is 1.65. The Kier molecular flexibility index (Phi) is 4.77. The van der Waals surface area contributed by atoms with Crippen LogP contribution in [0.3, 0.4) is 0 Å². The zero-order valence-corrected chi connectivity index (χ0v) is 14.1. The van der Waals surface area contributed by atoms with Crippen LogP contribution in [0.1, 0.15) is 23.4 Å². The van der Waals surface area contributed by atoms with Gasteiger partial charge in [0.1, 0.15) is 5.75 Å². The number of hydrogen-bond donors (Lipinski definition) is 1. The normalized spacial score (nSPS) is 17.0. The molecule has 0 saturated carbocycles. The van der Waals surface area contributed by atoms with Crippen molar-refractivity contribution in [1.82, 2.24) is 4.90 Å². The highest BCUT2D eigenvalue weighted by Gasteiger charge is 2.26. The monoisotopic (exact) mass is 354 g/mol. The van der Waals surface area contributed by atoms with E-state index in [1.807, 2.05) is 0 Å². The standard InChI is InChI=1S/C16H16F2N2OS2/c1-10-13-7-9-23-14(13)6-8-20(10)16(22)19-11-2-4-12(5-3-11)21-15(17)18/h2-5,7,9-10,15H,6,8H2,1H3,(H,19,22)/t10-/m1/s1. The maximum Gasteiger partial charge on any atom is 0.387 e. The quantitative estimate of drug-likeness (QED) is 0.810. The van der Waals surface area contributed by atoms with E-state index in [2.05, 4.69) is 33.3 Å². The Morgan fingerprint density at radius 3 is 2.78 bits per heavy atom. The van der Waals surface area contributed by atoms with Crippen molar-refractivity contribution in [3.63, 3.8) is 0 Å². The van der Waals surface area contributed by atoms with E-state index in [4.69, 9.17) is 12.2 Å². The van der Waals surface area contributed by atoms with Crippen molar-refractivity contribution < 1.29 is 13.5 Å². The van der Waals surface area contributed by atoms with Crippen molar-refractivity contribution >= 4 is 34.4 Å². The van der Waals surface area contributed by atoms with Gasteiger partial charge in [-0.05, 0) is 66.8 Å². The van der Waals surface area contributed by atoms with E-state index in [9.17, 15) is 8.78 Å². The molecule has 23 heavy (non-hydrogen) atoms. The van der Waals surface area contributed by atoms with Crippen molar-refractivity contribution in [1.29, 1.82) is 0 Å². The second kappa shape index (κ2) is 6.80. The van der Waals surface area contributed by atoms with Crippen LogP contribution < -0.4 is 10.1 Å². The number of ether oxygens (including phenoxy) is 1. The summed E-state index contributed by atoms with van der Waals surface area (Å²) >= 11 is 7.29. The highest BCUT2D eigenvalue weighted by Crippen LogP contribution is 2.33. The molecule has 1 aliphatic rings. The topological polar surface area (TPSA) is 24.5 Å². The number of alkyl halides is 2. The summed E-state index contributed by atoms with van der Waals surface area (Å²) in [5.41, 5.74) is 2.08. The van der Waals surface area contributed by atoms with E-state index < -0.39 is 6.61 Å². The zero-order chi connectivity index (χ0) is 16.4. The van der Waals surface area contributed by atoms with Crippen molar-refractivity contribution in [2.45, 2.75) is 26.0 Å². The van der Waals surface area contributed by atoms with Crippen LogP contribution in [-0.4, -0.2) is 23.2 Å². The van der Waals surface area contributed by atoms with Crippen LogP contribution in [0.15, 0.2) is 35.7 Å². The molecule has 0 fully saturated rings. The Labute approximate surface area is 142 Å². The number of fused-ring (bicyclic) bond motifs is 1. The van der Waals surface area contributed by atoms with Gasteiger partial charge in [0.25, 0.3) is 0 Å². The second-order valence-electron chi connectivity index (χ2n) is 5.25. The lowest BCUT2D eigenvalue weighted by Gasteiger charge is -2.35. The lowest BCUT2D eigenvalue weighted by atomic mass is 10.0. The molecule has 0 radical (unpaired) electrons. The van der Waals surface area contributed by atoms with Crippen LogP contribution in [0.2, 0.25) is 0 Å². The van der Waals surface area contributed by atoms with Crippen LogP contribution in [-0.2, 0) is 6.42 Å². The molecular weight excluding hydrogens is 338 g/mol. The summed E-state index contributed by atoms with van der Waals surface area (Å²) < 4.78 is 28.6. The van der Waals surface area contributed by atoms with Gasteiger partial charge >= 0.3 is 6.61 Å². The van der Waals surface area contributed by atoms with E-state index >= 15 is 0 Å². The van der Waals surface area contributed by atoms with Crippen molar-refractivity contribution in [2.24, 2.45) is 0 Å². The van der Waals surface area contributed by atoms with Gasteiger partial charge in [0.15, 0.2) is 5.11 Å². The van der Waals surface area contributed by atoms with E-state index in [-0.39, 0.29) is 11.8 Å². The summed E-state index contributed by atoms with van der Waals surface area (Å²) in [4.78, 5) is 3.57. The van der Waals surface area contributed by atoms with Gasteiger partial charge in [0, 0.05) is 17.1 Å². The molecule has 0 amide bonds. The van der Waals surface area contributed by atoms with Crippen molar-refractivity contribution in [3.05, 3.63) is 46.2 Å². The molecular formula is C16H16F2N2OS2. The molecule has 0 unspecified atom stereocenters. The molecule has 1 aromatic heterocycles. The highest BCUT2D eigenvalue weighted by atomic mass is 32.1. The smallest absolute Gasteiger partial charge is 0.387 e. The van der Waals surface area contributed by atoms with Gasteiger partial charge in [0.2, 0.25) is 0 Å². The van der Waals surface area contributed by atoms with Crippen LogP contribution in [0.4, 0.5) is 14.5 Å². The van der Waals surface area contributed by atoms with Gasteiger partial charge in [-0.25, -0.2) is 0 Å². The molecule has 0 spiro atoms. The molecule has 7 heteroatoms. The fourth-order valence-corrected chi connectivity index (χ4v) is 4.03. The summed E-state index contributed by atoms with van der Waals surface area (Å²) in [6.07, 6.45) is 0.986. The summed E-state index contributed by atoms with van der Waals surface area (Å²) in [7, 11) is 0. The van der Waals surface area contributed by atoms with Gasteiger partial charge in [-0.2, -0.15) is 8.78 Å². The van der Waals surface area contributed by atoms with E-state index in [1.54, 1.807) is 23.5 Å². The average molecular weight is 354 g/mol. The lowest BCUT2D eigenvalue weighted by Crippen LogP contribution is -2.40. The zero-order valence-electron chi connectivity index (χ0n) is 12.5. The van der Waals surface area contributed by atoms with Gasteiger partial charge < -0.3 is 15.0 Å². The van der Waals surface area contributed by atoms with E-state index in [0.29, 0.717) is 5.11 Å². The third-order valence-corrected chi connectivity index (χ3v) is 5.20. The fraction of sp³-hybridized carbons (Fsp3) is 0.312. The first-order valence-electron chi connectivity index (χ1n) is 7.23. The molecule has 2 aromatic rings. The molecule has 1 atom stereocenters. The number of hydrogen-bond acceptors (Lipinski definition) is 3. The Bertz CT molecular complexity index is 688. The molecule has 3 nitrogen and oxygen atoms in total. The first-order valence-corrected chi connectivity index (χ1v) is 8.52. The van der Waals surface area contributed by atoms with Gasteiger partial charge in [-0.1, -0.05) is 0 Å². The number of rotatable bonds is 3. The minimum Gasteiger partial charge on any atom is -0.435 e. The number of halogens is 2. The maximum absolute atomic E-state index is 12.1. The summed E-state index contributed by atoms with van der Waals surface area (Å²) in [5.74, 6) is 0.130. The van der Waals surface area contributed by atoms with E-state index in [1.165, 1.54) is 22.6 Å². The number of nitrogens with zero attached hydrogens (tertiary/aromatic N) is 1. The molecule has 0 saturated heterocycles. The summed E-state index contributed by atoms with van der Waals surface area (Å²) in [6, 6.07) is 8.71. The van der Waals surface area contributed by atoms with Crippen molar-refractivity contribution in [3.8, 4) is 5.75 Å². The van der Waals surface area contributed by atoms with Crippen LogP contribution in [0.5, 0.6) is 5.75 Å². The largest absolute Gasteiger partial charge is 0.435 e. The maximum atomic E-state index is 12.1. The third kappa shape index (κ3) is 3.61. The molecule has 1 aliphatic heterocycles. The Hall–Kier alpha value is -1.73. The number of anilines is 1. The van der Waals surface area contributed by atoms with E-state index in [0.717, 1.165) is 18.7 Å². The number of benzene rings is 1. The van der Waals surface area contributed by atoms with Crippen LogP contribution in [0.25, 0.3) is 0 Å². The molecule has 122 valence electrons. The van der Waals surface area contributed by atoms with Crippen LogP contribution >= 0.6 is 23.6 Å². The fourth-order valence-electron chi connectivity index (χ4n) is 2.70. The predicted octanol–water partition coefficient (Wildman–Crippen LogP) is 4.67. The molecule has 1 aromatic carbocycles. The van der Waals surface area contributed by atoms with Crippen molar-refractivity contribution in [2.75, 3.05) is 11.9 Å². The SMILES string of the molecule is C[C@@H]1c2ccsc2CCN1C(=S)Nc1ccc(OC(F)F)cc1. The lowest BCUT2D eigenvalue weighted by molar-refractivity contribution is -0.0498. The molecule has 2 heterocycles. The molecule has 1 N–H and O–H groups in total. The first-order chi connectivity index (χ1) is 11.0. The Morgan fingerprint density at radius 2 is 2.09 bits per heavy atom. The second-order valence-corrected chi connectivity index (χ2v) is 6.64. The first kappa shape index (κ1) is 16.1. The molecule has 3 rings (SSSR count). The summed E-state index contributed by atoms with van der Waals surface area (Å²) in [5, 5.41) is 5.91. The number of nitrogens with one attached hydrogen (secondary N) is 1. The predicted molar refractivity (Wildman–Crippen MR) is 92.4 cm³/mol. The van der Waals surface area contributed by atoms with Gasteiger partial charge in [-0.3, -0.25) is 0 Å². The highest BCUT2D eigenvalue weighted by molar-refractivity contribution is 7.80. The minimum atomic E-state index is -2.82.